The third-order valence-corrected chi connectivity index (χ3v) is 2.66. The maximum Gasteiger partial charge on any atom is 0.354 e. The molecule has 0 radical (unpaired) electrons. The highest BCUT2D eigenvalue weighted by molar-refractivity contribution is 6.03. The molecule has 0 spiro atoms. The van der Waals surface area contributed by atoms with E-state index in [0.717, 1.165) is 6.08 Å². The summed E-state index contributed by atoms with van der Waals surface area (Å²) in [4.78, 5) is 35.1. The monoisotopic (exact) mass is 316 g/mol. The van der Waals surface area contributed by atoms with Crippen LogP contribution in [0.15, 0.2) is 36.0 Å². The van der Waals surface area contributed by atoms with Crippen molar-refractivity contribution in [2.45, 2.75) is 0 Å². The van der Waals surface area contributed by atoms with Gasteiger partial charge in [0.05, 0.1) is 38.1 Å². The van der Waals surface area contributed by atoms with Crippen molar-refractivity contribution in [1.82, 2.24) is 5.32 Å². The predicted molar refractivity (Wildman–Crippen MR) is 83.3 cm³/mol. The first-order valence-electron chi connectivity index (χ1n) is 6.49. The minimum atomic E-state index is -0.783. The van der Waals surface area contributed by atoms with E-state index >= 15 is 0 Å². The molecule has 1 aromatic carbocycles. The molecule has 0 bridgehead atoms. The van der Waals surface area contributed by atoms with Crippen LogP contribution in [0.5, 0.6) is 0 Å². The van der Waals surface area contributed by atoms with Gasteiger partial charge in [0.1, 0.15) is 5.70 Å². The number of carbonyl (C=O) groups is 3. The lowest BCUT2D eigenvalue weighted by Crippen LogP contribution is -2.25. The average molecular weight is 316 g/mol. The second kappa shape index (κ2) is 8.89. The lowest BCUT2D eigenvalue weighted by atomic mass is 10.1. The molecule has 120 valence electrons. The molecule has 0 atom stereocenters. The van der Waals surface area contributed by atoms with Gasteiger partial charge in [0.15, 0.2) is 0 Å². The molecule has 0 unspecified atom stereocenters. The summed E-state index contributed by atoms with van der Waals surface area (Å²) in [5.41, 5.74) is 0.390. The number of carbonyl (C=O) groups excluding carboxylic acids is 3. The lowest BCUT2D eigenvalue weighted by Gasteiger charge is -2.13. The first kappa shape index (κ1) is 17.8. The van der Waals surface area contributed by atoms with Crippen LogP contribution in [0, 0.1) is 12.3 Å². The van der Waals surface area contributed by atoms with E-state index in [4.69, 9.17) is 6.42 Å². The van der Waals surface area contributed by atoms with E-state index in [1.165, 1.54) is 14.2 Å². The molecule has 1 rings (SSSR count). The van der Waals surface area contributed by atoms with Crippen molar-refractivity contribution in [3.8, 4) is 12.3 Å². The molecule has 0 aliphatic heterocycles. The Bertz CT molecular complexity index is 673. The van der Waals surface area contributed by atoms with Gasteiger partial charge in [-0.2, -0.15) is 0 Å². The highest BCUT2D eigenvalue weighted by atomic mass is 16.5. The van der Waals surface area contributed by atoms with Crippen LogP contribution in [0.25, 0.3) is 0 Å². The molecule has 1 amide bonds. The van der Waals surface area contributed by atoms with Crippen LogP contribution >= 0.6 is 0 Å². The van der Waals surface area contributed by atoms with Crippen molar-refractivity contribution in [1.29, 1.82) is 0 Å². The van der Waals surface area contributed by atoms with Gasteiger partial charge < -0.3 is 20.1 Å². The van der Waals surface area contributed by atoms with Crippen molar-refractivity contribution in [2.24, 2.45) is 0 Å². The number of nitrogens with one attached hydrogen (secondary N) is 2. The molecule has 23 heavy (non-hydrogen) atoms. The minimum absolute atomic E-state index is 0.0645. The molecule has 1 aromatic rings. The van der Waals surface area contributed by atoms with Crippen LogP contribution in [0.2, 0.25) is 0 Å². The van der Waals surface area contributed by atoms with E-state index in [1.54, 1.807) is 24.3 Å². The molecular weight excluding hydrogens is 300 g/mol. The highest BCUT2D eigenvalue weighted by Gasteiger charge is 2.16. The average Bonchev–Trinajstić information content (AvgIpc) is 2.58. The predicted octanol–water partition coefficient (Wildman–Crippen LogP) is 0.691. The molecule has 0 aliphatic carbocycles. The standard InChI is InChI=1S/C16H16N2O5/c1-4-9-17-15(20)11-7-5-6-8-12(11)18-13(16(21)23-3)10-14(19)22-2/h1,5-8,10,18H,9H2,2-3H3,(H,17,20)/b13-10+. The second-order valence-electron chi connectivity index (χ2n) is 4.13. The molecular formula is C16H16N2O5. The Hall–Kier alpha value is -3.27. The van der Waals surface area contributed by atoms with Crippen molar-refractivity contribution in [3.05, 3.63) is 41.6 Å². The van der Waals surface area contributed by atoms with Crippen LogP contribution < -0.4 is 10.6 Å². The normalized spacial score (nSPS) is 10.2. The number of hydrogen-bond acceptors (Lipinski definition) is 6. The summed E-state index contributed by atoms with van der Waals surface area (Å²) in [6.07, 6.45) is 6.03. The van der Waals surface area contributed by atoms with Gasteiger partial charge >= 0.3 is 11.9 Å². The zero-order chi connectivity index (χ0) is 17.2. The molecule has 0 fully saturated rings. The summed E-state index contributed by atoms with van der Waals surface area (Å²) in [5, 5.41) is 5.21. The SMILES string of the molecule is C#CCNC(=O)c1ccccc1N/C(=C/C(=O)OC)C(=O)OC. The van der Waals surface area contributed by atoms with Crippen LogP contribution in [-0.4, -0.2) is 38.6 Å². The first-order valence-corrected chi connectivity index (χ1v) is 6.49. The van der Waals surface area contributed by atoms with Gasteiger partial charge in [-0.15, -0.1) is 6.42 Å². The maximum absolute atomic E-state index is 12.0. The zero-order valence-corrected chi connectivity index (χ0v) is 12.7. The fraction of sp³-hybridized carbons (Fsp3) is 0.188. The van der Waals surface area contributed by atoms with E-state index in [2.05, 4.69) is 26.0 Å². The van der Waals surface area contributed by atoms with Crippen LogP contribution in [0.3, 0.4) is 0 Å². The van der Waals surface area contributed by atoms with Crippen LogP contribution in [-0.2, 0) is 19.1 Å². The van der Waals surface area contributed by atoms with E-state index in [-0.39, 0.29) is 17.8 Å². The number of esters is 2. The zero-order valence-electron chi connectivity index (χ0n) is 12.7. The third-order valence-electron chi connectivity index (χ3n) is 2.66. The lowest BCUT2D eigenvalue weighted by molar-refractivity contribution is -0.138. The number of rotatable bonds is 6. The van der Waals surface area contributed by atoms with Gasteiger partial charge in [-0.25, -0.2) is 9.59 Å². The van der Waals surface area contributed by atoms with E-state index in [9.17, 15) is 14.4 Å². The molecule has 2 N–H and O–H groups in total. The fourth-order valence-electron chi connectivity index (χ4n) is 1.59. The van der Waals surface area contributed by atoms with Crippen LogP contribution in [0.1, 0.15) is 10.4 Å². The number of methoxy groups -OCH3 is 2. The van der Waals surface area contributed by atoms with Crippen molar-refractivity contribution in [3.63, 3.8) is 0 Å². The van der Waals surface area contributed by atoms with Gasteiger partial charge in [-0.05, 0) is 12.1 Å². The second-order valence-corrected chi connectivity index (χ2v) is 4.13. The Kier molecular flexibility index (Phi) is 6.88. The van der Waals surface area contributed by atoms with Crippen molar-refractivity contribution < 1.29 is 23.9 Å². The Morgan fingerprint density at radius 3 is 2.52 bits per heavy atom. The summed E-state index contributed by atoms with van der Waals surface area (Å²) in [5.74, 6) is 0.341. The van der Waals surface area contributed by atoms with E-state index in [0.29, 0.717) is 5.69 Å². The van der Waals surface area contributed by atoms with E-state index in [1.807, 2.05) is 0 Å². The first-order chi connectivity index (χ1) is 11.0. The Morgan fingerprint density at radius 1 is 1.22 bits per heavy atom. The molecule has 0 aliphatic rings. The quantitative estimate of drug-likeness (QED) is 0.456. The van der Waals surface area contributed by atoms with E-state index < -0.39 is 17.8 Å². The number of ether oxygens (including phenoxy) is 2. The number of amides is 1. The fourth-order valence-corrected chi connectivity index (χ4v) is 1.59. The van der Waals surface area contributed by atoms with Gasteiger partial charge in [0.25, 0.3) is 5.91 Å². The summed E-state index contributed by atoms with van der Waals surface area (Å²) >= 11 is 0. The van der Waals surface area contributed by atoms with Crippen molar-refractivity contribution >= 4 is 23.5 Å². The Labute approximate surface area is 133 Å². The summed E-state index contributed by atoms with van der Waals surface area (Å²) in [7, 11) is 2.34. The topological polar surface area (TPSA) is 93.7 Å². The van der Waals surface area contributed by atoms with Gasteiger partial charge in [0.2, 0.25) is 0 Å². The summed E-state index contributed by atoms with van der Waals surface area (Å²) in [6.45, 7) is 0.0645. The Morgan fingerprint density at radius 2 is 1.91 bits per heavy atom. The number of anilines is 1. The number of terminal acetylenes is 1. The molecule has 0 aromatic heterocycles. The Balaban J connectivity index is 3.12. The number of para-hydroxylation sites is 1. The van der Waals surface area contributed by atoms with Gasteiger partial charge in [-0.1, -0.05) is 18.1 Å². The molecule has 0 heterocycles. The molecule has 7 heteroatoms. The maximum atomic E-state index is 12.0. The molecule has 0 saturated carbocycles. The number of benzene rings is 1. The molecule has 7 nitrogen and oxygen atoms in total. The highest BCUT2D eigenvalue weighted by Crippen LogP contribution is 2.17. The van der Waals surface area contributed by atoms with Gasteiger partial charge in [-0.3, -0.25) is 4.79 Å². The van der Waals surface area contributed by atoms with Crippen LogP contribution in [0.4, 0.5) is 5.69 Å². The minimum Gasteiger partial charge on any atom is -0.466 e. The molecule has 0 saturated heterocycles. The summed E-state index contributed by atoms with van der Waals surface area (Å²) in [6, 6.07) is 6.42. The number of hydrogen-bond donors (Lipinski definition) is 2. The third kappa shape index (κ3) is 5.21. The van der Waals surface area contributed by atoms with Crippen molar-refractivity contribution in [2.75, 3.05) is 26.1 Å². The largest absolute Gasteiger partial charge is 0.466 e. The smallest absolute Gasteiger partial charge is 0.354 e. The summed E-state index contributed by atoms with van der Waals surface area (Å²) < 4.78 is 9.07. The van der Waals surface area contributed by atoms with Gasteiger partial charge in [0, 0.05) is 0 Å².